The van der Waals surface area contributed by atoms with Gasteiger partial charge >= 0.3 is 6.61 Å². The summed E-state index contributed by atoms with van der Waals surface area (Å²) in [6, 6.07) is 6.67. The number of H-pyrrole nitrogens is 1. The molecule has 0 amide bonds. The van der Waals surface area contributed by atoms with E-state index in [-0.39, 0.29) is 11.8 Å². The summed E-state index contributed by atoms with van der Waals surface area (Å²) in [5.74, 6) is 0.199. The van der Waals surface area contributed by atoms with Crippen molar-refractivity contribution in [3.63, 3.8) is 0 Å². The molecule has 0 fully saturated rings. The largest absolute Gasteiger partial charge is 0.434 e. The molecule has 0 saturated heterocycles. The van der Waals surface area contributed by atoms with E-state index in [1.807, 2.05) is 6.92 Å². The maximum atomic E-state index is 12.3. The third-order valence-electron chi connectivity index (χ3n) is 2.77. The second-order valence-electron chi connectivity index (χ2n) is 4.13. The smallest absolute Gasteiger partial charge is 0.387 e. The van der Waals surface area contributed by atoms with E-state index in [1.54, 1.807) is 30.6 Å². The van der Waals surface area contributed by atoms with E-state index < -0.39 is 6.61 Å². The molecule has 2 rings (SSSR count). The van der Waals surface area contributed by atoms with Crippen molar-refractivity contribution in [2.24, 2.45) is 0 Å². The quantitative estimate of drug-likeness (QED) is 0.846. The molecule has 0 radical (unpaired) electrons. The Morgan fingerprint density at radius 3 is 2.84 bits per heavy atom. The van der Waals surface area contributed by atoms with Gasteiger partial charge < -0.3 is 10.1 Å². The first-order valence-electron chi connectivity index (χ1n) is 5.91. The molecule has 1 unspecified atom stereocenters. The van der Waals surface area contributed by atoms with Gasteiger partial charge in [-0.1, -0.05) is 18.2 Å². The van der Waals surface area contributed by atoms with Crippen LogP contribution in [0.25, 0.3) is 0 Å². The molecule has 4 nitrogen and oxygen atoms in total. The highest BCUT2D eigenvalue weighted by Gasteiger charge is 2.14. The van der Waals surface area contributed by atoms with Gasteiger partial charge in [-0.15, -0.1) is 0 Å². The summed E-state index contributed by atoms with van der Waals surface area (Å²) in [6.07, 6.45) is 3.49. The zero-order chi connectivity index (χ0) is 13.7. The Bertz CT molecular complexity index is 502. The fourth-order valence-corrected chi connectivity index (χ4v) is 1.80. The van der Waals surface area contributed by atoms with Gasteiger partial charge in [-0.25, -0.2) is 0 Å². The average molecular weight is 267 g/mol. The number of para-hydroxylation sites is 1. The lowest BCUT2D eigenvalue weighted by atomic mass is 10.1. The van der Waals surface area contributed by atoms with E-state index in [4.69, 9.17) is 0 Å². The van der Waals surface area contributed by atoms with Crippen LogP contribution in [0.2, 0.25) is 0 Å². The number of rotatable bonds is 6. The maximum Gasteiger partial charge on any atom is 0.387 e. The number of aromatic nitrogens is 2. The van der Waals surface area contributed by atoms with Crippen LogP contribution in [0.5, 0.6) is 5.75 Å². The van der Waals surface area contributed by atoms with Crippen LogP contribution < -0.4 is 10.1 Å². The van der Waals surface area contributed by atoms with Crippen molar-refractivity contribution in [2.45, 2.75) is 26.1 Å². The van der Waals surface area contributed by atoms with Crippen LogP contribution in [-0.4, -0.2) is 16.8 Å². The van der Waals surface area contributed by atoms with Crippen LogP contribution in [-0.2, 0) is 6.54 Å². The lowest BCUT2D eigenvalue weighted by molar-refractivity contribution is -0.0506. The number of nitrogens with zero attached hydrogens (tertiary/aromatic N) is 1. The molecule has 1 heterocycles. The Morgan fingerprint density at radius 1 is 1.37 bits per heavy atom. The molecule has 1 aromatic heterocycles. The van der Waals surface area contributed by atoms with Crippen molar-refractivity contribution in [1.29, 1.82) is 0 Å². The van der Waals surface area contributed by atoms with Gasteiger partial charge in [0.2, 0.25) is 0 Å². The second-order valence-corrected chi connectivity index (χ2v) is 4.13. The minimum Gasteiger partial charge on any atom is -0.434 e. The Balaban J connectivity index is 2.03. The summed E-state index contributed by atoms with van der Waals surface area (Å²) < 4.78 is 29.1. The van der Waals surface area contributed by atoms with Crippen LogP contribution in [0.15, 0.2) is 36.7 Å². The lowest BCUT2D eigenvalue weighted by Gasteiger charge is -2.17. The van der Waals surface area contributed by atoms with Crippen molar-refractivity contribution >= 4 is 0 Å². The highest BCUT2D eigenvalue weighted by molar-refractivity contribution is 5.35. The van der Waals surface area contributed by atoms with Crippen molar-refractivity contribution in [2.75, 3.05) is 0 Å². The highest BCUT2D eigenvalue weighted by Crippen LogP contribution is 2.26. The third-order valence-corrected chi connectivity index (χ3v) is 2.77. The number of hydrogen-bond acceptors (Lipinski definition) is 3. The molecule has 0 aliphatic rings. The van der Waals surface area contributed by atoms with Gasteiger partial charge in [0.15, 0.2) is 0 Å². The first-order valence-corrected chi connectivity index (χ1v) is 5.91. The fraction of sp³-hybridized carbons (Fsp3) is 0.308. The van der Waals surface area contributed by atoms with Crippen molar-refractivity contribution in [1.82, 2.24) is 15.5 Å². The van der Waals surface area contributed by atoms with Crippen LogP contribution in [0.1, 0.15) is 24.1 Å². The van der Waals surface area contributed by atoms with Gasteiger partial charge in [-0.2, -0.15) is 13.9 Å². The number of halogens is 2. The van der Waals surface area contributed by atoms with Gasteiger partial charge in [0.05, 0.1) is 6.20 Å². The molecule has 2 N–H and O–H groups in total. The summed E-state index contributed by atoms with van der Waals surface area (Å²) in [7, 11) is 0. The SMILES string of the molecule is CC(NCc1cn[nH]c1)c1ccccc1OC(F)F. The Hall–Kier alpha value is -1.95. The molecule has 0 bridgehead atoms. The molecule has 0 spiro atoms. The summed E-state index contributed by atoms with van der Waals surface area (Å²) in [5, 5.41) is 9.79. The minimum atomic E-state index is -2.82. The normalized spacial score (nSPS) is 12.6. The average Bonchev–Trinajstić information content (AvgIpc) is 2.89. The van der Waals surface area contributed by atoms with Gasteiger partial charge in [-0.3, -0.25) is 5.10 Å². The Kier molecular flexibility index (Phi) is 4.46. The molecule has 102 valence electrons. The van der Waals surface area contributed by atoms with E-state index in [1.165, 1.54) is 6.07 Å². The molecular weight excluding hydrogens is 252 g/mol. The predicted octanol–water partition coefficient (Wildman–Crippen LogP) is 2.86. The maximum absolute atomic E-state index is 12.3. The van der Waals surface area contributed by atoms with E-state index in [2.05, 4.69) is 20.3 Å². The fourth-order valence-electron chi connectivity index (χ4n) is 1.80. The molecule has 0 aliphatic carbocycles. The lowest BCUT2D eigenvalue weighted by Crippen LogP contribution is -2.19. The second kappa shape index (κ2) is 6.29. The summed E-state index contributed by atoms with van der Waals surface area (Å²) in [4.78, 5) is 0. The zero-order valence-electron chi connectivity index (χ0n) is 10.4. The van der Waals surface area contributed by atoms with Gasteiger partial charge in [0.1, 0.15) is 5.75 Å². The number of aromatic amines is 1. The van der Waals surface area contributed by atoms with E-state index in [0.29, 0.717) is 12.1 Å². The first kappa shape index (κ1) is 13.5. The Morgan fingerprint density at radius 2 is 2.16 bits per heavy atom. The molecule has 1 aromatic carbocycles. The van der Waals surface area contributed by atoms with Crippen molar-refractivity contribution in [3.05, 3.63) is 47.8 Å². The minimum absolute atomic E-state index is 0.107. The van der Waals surface area contributed by atoms with Crippen LogP contribution >= 0.6 is 0 Å². The summed E-state index contributed by atoms with van der Waals surface area (Å²) in [5.41, 5.74) is 1.70. The molecule has 1 atom stereocenters. The van der Waals surface area contributed by atoms with Crippen LogP contribution in [0, 0.1) is 0 Å². The van der Waals surface area contributed by atoms with E-state index in [9.17, 15) is 8.78 Å². The molecule has 2 aromatic rings. The monoisotopic (exact) mass is 267 g/mol. The number of hydrogen-bond donors (Lipinski definition) is 2. The van der Waals surface area contributed by atoms with Gasteiger partial charge in [0, 0.05) is 29.9 Å². The summed E-state index contributed by atoms with van der Waals surface area (Å²) >= 11 is 0. The Labute approximate surface area is 109 Å². The zero-order valence-corrected chi connectivity index (χ0v) is 10.4. The molecule has 0 saturated carbocycles. The third kappa shape index (κ3) is 3.75. The standard InChI is InChI=1S/C13H15F2N3O/c1-9(16-6-10-7-17-18-8-10)11-4-2-3-5-12(11)19-13(14)15/h2-5,7-9,13,16H,6H2,1H3,(H,17,18). The topological polar surface area (TPSA) is 49.9 Å². The number of ether oxygens (including phenoxy) is 1. The summed E-state index contributed by atoms with van der Waals surface area (Å²) in [6.45, 7) is -0.323. The predicted molar refractivity (Wildman–Crippen MR) is 66.9 cm³/mol. The van der Waals surface area contributed by atoms with Crippen LogP contribution in [0.3, 0.4) is 0 Å². The van der Waals surface area contributed by atoms with Gasteiger partial charge in [0.25, 0.3) is 0 Å². The van der Waals surface area contributed by atoms with E-state index in [0.717, 1.165) is 5.56 Å². The molecular formula is C13H15F2N3O. The number of benzene rings is 1. The number of alkyl halides is 2. The molecule has 6 heteroatoms. The van der Waals surface area contributed by atoms with Crippen molar-refractivity contribution < 1.29 is 13.5 Å². The van der Waals surface area contributed by atoms with Crippen LogP contribution in [0.4, 0.5) is 8.78 Å². The highest BCUT2D eigenvalue weighted by atomic mass is 19.3. The molecule has 0 aliphatic heterocycles. The first-order chi connectivity index (χ1) is 9.16. The van der Waals surface area contributed by atoms with Gasteiger partial charge in [-0.05, 0) is 13.0 Å². The van der Waals surface area contributed by atoms with E-state index >= 15 is 0 Å². The number of nitrogens with one attached hydrogen (secondary N) is 2. The molecule has 19 heavy (non-hydrogen) atoms. The van der Waals surface area contributed by atoms with Crippen molar-refractivity contribution in [3.8, 4) is 5.75 Å².